The van der Waals surface area contributed by atoms with Gasteiger partial charge in [-0.05, 0) is 52.7 Å². The summed E-state index contributed by atoms with van der Waals surface area (Å²) in [6.45, 7) is 0.866. The fourth-order valence-electron chi connectivity index (χ4n) is 1.66. The van der Waals surface area contributed by atoms with Gasteiger partial charge in [0.2, 0.25) is 0 Å². The van der Waals surface area contributed by atoms with Gasteiger partial charge in [-0.2, -0.15) is 0 Å². The van der Waals surface area contributed by atoms with Crippen LogP contribution in [-0.4, -0.2) is 16.0 Å². The Morgan fingerprint density at radius 2 is 1.95 bits per heavy atom. The summed E-state index contributed by atoms with van der Waals surface area (Å²) in [5, 5.41) is 4.24. The van der Waals surface area contributed by atoms with Gasteiger partial charge in [0.25, 0.3) is 0 Å². The molecule has 1 aliphatic carbocycles. The Balaban J connectivity index is 1.63. The van der Waals surface area contributed by atoms with Gasteiger partial charge in [0, 0.05) is 39.9 Å². The van der Waals surface area contributed by atoms with Crippen molar-refractivity contribution in [3.05, 3.63) is 46.7 Å². The van der Waals surface area contributed by atoms with Crippen LogP contribution in [-0.2, 0) is 6.54 Å². The predicted molar refractivity (Wildman–Crippen MR) is 80.2 cm³/mol. The van der Waals surface area contributed by atoms with Crippen molar-refractivity contribution in [2.75, 3.05) is 0 Å². The summed E-state index contributed by atoms with van der Waals surface area (Å²) in [7, 11) is 0. The third-order valence-electron chi connectivity index (χ3n) is 2.89. The van der Waals surface area contributed by atoms with Crippen LogP contribution in [0.1, 0.15) is 18.4 Å². The van der Waals surface area contributed by atoms with Crippen molar-refractivity contribution >= 4 is 27.7 Å². The standard InChI is InChI=1S/C14H14BrN3S/c15-12-3-1-2-4-13(12)19-14-17-8-10(9-18-14)7-16-11-5-6-11/h1-4,8-9,11,16H,5-7H2. The first-order valence-corrected chi connectivity index (χ1v) is 7.89. The van der Waals surface area contributed by atoms with Gasteiger partial charge in [-0.15, -0.1) is 0 Å². The Morgan fingerprint density at radius 1 is 1.21 bits per heavy atom. The number of nitrogens with zero attached hydrogens (tertiary/aromatic N) is 2. The SMILES string of the molecule is Brc1ccccc1Sc1ncc(CNC2CC2)cn1. The maximum Gasteiger partial charge on any atom is 0.192 e. The number of halogens is 1. The summed E-state index contributed by atoms with van der Waals surface area (Å²) in [4.78, 5) is 9.94. The van der Waals surface area contributed by atoms with E-state index in [-0.39, 0.29) is 0 Å². The molecule has 1 aromatic carbocycles. The third-order valence-corrected chi connectivity index (χ3v) is 4.81. The minimum Gasteiger partial charge on any atom is -0.310 e. The minimum atomic E-state index is 0.717. The molecule has 3 nitrogen and oxygen atoms in total. The van der Waals surface area contributed by atoms with Crippen LogP contribution >= 0.6 is 27.7 Å². The molecule has 0 amide bonds. The Bertz CT molecular complexity index is 555. The zero-order valence-corrected chi connectivity index (χ0v) is 12.7. The van der Waals surface area contributed by atoms with Crippen molar-refractivity contribution in [2.45, 2.75) is 35.5 Å². The molecule has 0 radical (unpaired) electrons. The lowest BCUT2D eigenvalue weighted by Crippen LogP contribution is -2.15. The van der Waals surface area contributed by atoms with Gasteiger partial charge in [-0.25, -0.2) is 9.97 Å². The average molecular weight is 336 g/mol. The van der Waals surface area contributed by atoms with Crippen LogP contribution in [0.15, 0.2) is 51.2 Å². The molecule has 1 N–H and O–H groups in total. The second kappa shape index (κ2) is 6.03. The summed E-state index contributed by atoms with van der Waals surface area (Å²) >= 11 is 5.10. The topological polar surface area (TPSA) is 37.8 Å². The molecule has 1 saturated carbocycles. The number of hydrogen-bond donors (Lipinski definition) is 1. The lowest BCUT2D eigenvalue weighted by atomic mass is 10.3. The van der Waals surface area contributed by atoms with Crippen LogP contribution < -0.4 is 5.32 Å². The van der Waals surface area contributed by atoms with Gasteiger partial charge in [0.05, 0.1) is 0 Å². The quantitative estimate of drug-likeness (QED) is 0.846. The highest BCUT2D eigenvalue weighted by atomic mass is 79.9. The molecule has 1 aromatic heterocycles. The van der Waals surface area contributed by atoms with Crippen LogP contribution in [0.2, 0.25) is 0 Å². The van der Waals surface area contributed by atoms with Gasteiger partial charge in [0.1, 0.15) is 0 Å². The minimum absolute atomic E-state index is 0.717. The largest absolute Gasteiger partial charge is 0.310 e. The second-order valence-corrected chi connectivity index (χ2v) is 6.42. The zero-order valence-electron chi connectivity index (χ0n) is 10.3. The van der Waals surface area contributed by atoms with Gasteiger partial charge in [-0.3, -0.25) is 0 Å². The number of hydrogen-bond acceptors (Lipinski definition) is 4. The predicted octanol–water partition coefficient (Wildman–Crippen LogP) is 3.64. The highest BCUT2D eigenvalue weighted by molar-refractivity contribution is 9.10. The number of rotatable bonds is 5. The van der Waals surface area contributed by atoms with Gasteiger partial charge in [-0.1, -0.05) is 12.1 Å². The Labute approximate surface area is 125 Å². The van der Waals surface area contributed by atoms with Crippen LogP contribution in [0, 0.1) is 0 Å². The molecule has 1 aliphatic rings. The third kappa shape index (κ3) is 3.78. The maximum absolute atomic E-state index is 4.40. The van der Waals surface area contributed by atoms with Gasteiger partial charge < -0.3 is 5.32 Å². The zero-order chi connectivity index (χ0) is 13.1. The molecule has 0 atom stereocenters. The summed E-state index contributed by atoms with van der Waals surface area (Å²) < 4.78 is 1.07. The molecule has 0 aliphatic heterocycles. The lowest BCUT2D eigenvalue weighted by molar-refractivity contribution is 0.680. The van der Waals surface area contributed by atoms with E-state index >= 15 is 0 Å². The van der Waals surface area contributed by atoms with Crippen molar-refractivity contribution in [3.63, 3.8) is 0 Å². The molecule has 98 valence electrons. The van der Waals surface area contributed by atoms with Crippen molar-refractivity contribution < 1.29 is 0 Å². The average Bonchev–Trinajstić information content (AvgIpc) is 3.25. The van der Waals surface area contributed by atoms with E-state index in [9.17, 15) is 0 Å². The molecule has 3 rings (SSSR count). The van der Waals surface area contributed by atoms with Crippen LogP contribution in [0.4, 0.5) is 0 Å². The van der Waals surface area contributed by atoms with Gasteiger partial charge in [0.15, 0.2) is 5.16 Å². The van der Waals surface area contributed by atoms with Crippen LogP contribution in [0.25, 0.3) is 0 Å². The summed E-state index contributed by atoms with van der Waals surface area (Å²) in [5.74, 6) is 0. The first kappa shape index (κ1) is 13.1. The molecule has 0 unspecified atom stereocenters. The Morgan fingerprint density at radius 3 is 2.63 bits per heavy atom. The van der Waals surface area contributed by atoms with E-state index in [1.165, 1.54) is 12.8 Å². The van der Waals surface area contributed by atoms with Crippen LogP contribution in [0.3, 0.4) is 0 Å². The molecule has 19 heavy (non-hydrogen) atoms. The lowest BCUT2D eigenvalue weighted by Gasteiger charge is -2.04. The first-order chi connectivity index (χ1) is 9.31. The highest BCUT2D eigenvalue weighted by Crippen LogP contribution is 2.30. The first-order valence-electron chi connectivity index (χ1n) is 6.28. The Kier molecular flexibility index (Phi) is 4.15. The maximum atomic E-state index is 4.40. The molecule has 1 heterocycles. The smallest absolute Gasteiger partial charge is 0.192 e. The van der Waals surface area contributed by atoms with E-state index in [1.807, 2.05) is 30.6 Å². The summed E-state index contributed by atoms with van der Waals surface area (Å²) in [6.07, 6.45) is 6.41. The molecule has 0 bridgehead atoms. The van der Waals surface area contributed by atoms with E-state index in [2.05, 4.69) is 37.3 Å². The molecular formula is C14H14BrN3S. The van der Waals surface area contributed by atoms with Crippen LogP contribution in [0.5, 0.6) is 0 Å². The van der Waals surface area contributed by atoms with Crippen molar-refractivity contribution in [1.29, 1.82) is 0 Å². The van der Waals surface area contributed by atoms with E-state index in [0.29, 0.717) is 6.04 Å². The number of aromatic nitrogens is 2. The Hall–Kier alpha value is -0.910. The molecule has 1 fully saturated rings. The summed E-state index contributed by atoms with van der Waals surface area (Å²) in [6, 6.07) is 8.81. The number of nitrogens with one attached hydrogen (secondary N) is 1. The molecule has 0 spiro atoms. The second-order valence-electron chi connectivity index (χ2n) is 4.56. The normalized spacial score (nSPS) is 14.6. The number of benzene rings is 1. The van der Waals surface area contributed by atoms with E-state index in [1.54, 1.807) is 11.8 Å². The highest BCUT2D eigenvalue weighted by Gasteiger charge is 2.19. The molecule has 2 aromatic rings. The fourth-order valence-corrected chi connectivity index (χ4v) is 2.91. The molecular weight excluding hydrogens is 322 g/mol. The van der Waals surface area contributed by atoms with Crippen molar-refractivity contribution in [2.24, 2.45) is 0 Å². The fraction of sp³-hybridized carbons (Fsp3) is 0.286. The van der Waals surface area contributed by atoms with Gasteiger partial charge >= 0.3 is 0 Å². The van der Waals surface area contributed by atoms with Crippen molar-refractivity contribution in [1.82, 2.24) is 15.3 Å². The molecule has 0 saturated heterocycles. The van der Waals surface area contributed by atoms with E-state index < -0.39 is 0 Å². The monoisotopic (exact) mass is 335 g/mol. The van der Waals surface area contributed by atoms with Crippen molar-refractivity contribution in [3.8, 4) is 0 Å². The van der Waals surface area contributed by atoms with E-state index in [4.69, 9.17) is 0 Å². The molecule has 5 heteroatoms. The summed E-state index contributed by atoms with van der Waals surface area (Å²) in [5.41, 5.74) is 1.14. The van der Waals surface area contributed by atoms with E-state index in [0.717, 1.165) is 26.6 Å².